The average molecular weight is 390 g/mol. The van der Waals surface area contributed by atoms with Gasteiger partial charge in [-0.2, -0.15) is 0 Å². The molecule has 4 nitrogen and oxygen atoms in total. The molecule has 0 bridgehead atoms. The molecule has 0 saturated carbocycles. The van der Waals surface area contributed by atoms with Gasteiger partial charge >= 0.3 is 0 Å². The number of hydrogen-bond donors (Lipinski definition) is 1. The zero-order valence-corrected chi connectivity index (χ0v) is 17.6. The van der Waals surface area contributed by atoms with Gasteiger partial charge in [0.2, 0.25) is 0 Å². The smallest absolute Gasteiger partial charge is 0.199 e. The van der Waals surface area contributed by atoms with E-state index in [0.29, 0.717) is 6.61 Å². The van der Waals surface area contributed by atoms with Crippen LogP contribution in [0.2, 0.25) is 0 Å². The van der Waals surface area contributed by atoms with E-state index in [0.717, 1.165) is 22.4 Å². The molecular weight excluding hydrogens is 360 g/mol. The van der Waals surface area contributed by atoms with Crippen LogP contribution in [0, 0.1) is 0 Å². The Morgan fingerprint density at radius 3 is 1.90 bits per heavy atom. The van der Waals surface area contributed by atoms with Crippen molar-refractivity contribution in [2.75, 3.05) is 46.3 Å². The summed E-state index contributed by atoms with van der Waals surface area (Å²) in [7, 11) is 8.19. The minimum atomic E-state index is 0.00950. The van der Waals surface area contributed by atoms with Gasteiger partial charge in [0, 0.05) is 31.9 Å². The second-order valence-corrected chi connectivity index (χ2v) is 7.35. The number of nitrogens with zero attached hydrogens (tertiary/aromatic N) is 2. The van der Waals surface area contributed by atoms with Gasteiger partial charge in [-0.1, -0.05) is 24.3 Å². The molecule has 0 fully saturated rings. The van der Waals surface area contributed by atoms with Crippen molar-refractivity contribution in [3.8, 4) is 5.75 Å². The Hall–Kier alpha value is -3.11. The monoisotopic (exact) mass is 389 g/mol. The van der Waals surface area contributed by atoms with Gasteiger partial charge in [0.1, 0.15) is 26.5 Å². The van der Waals surface area contributed by atoms with Crippen LogP contribution < -0.4 is 9.64 Å². The van der Waals surface area contributed by atoms with Gasteiger partial charge in [0.05, 0.1) is 6.61 Å². The molecule has 1 N–H and O–H groups in total. The number of rotatable bonds is 6. The molecular formula is C25H29N2O2+. The van der Waals surface area contributed by atoms with Crippen LogP contribution in [0.3, 0.4) is 0 Å². The summed E-state index contributed by atoms with van der Waals surface area (Å²) < 4.78 is 7.62. The lowest BCUT2D eigenvalue weighted by atomic mass is 9.90. The highest BCUT2D eigenvalue weighted by molar-refractivity contribution is 6.03. The third-order valence-corrected chi connectivity index (χ3v) is 4.85. The van der Waals surface area contributed by atoms with E-state index in [4.69, 9.17) is 9.84 Å². The lowest BCUT2D eigenvalue weighted by Crippen LogP contribution is -2.10. The average Bonchev–Trinajstić information content (AvgIpc) is 2.74. The number of hydrogen-bond acceptors (Lipinski definition) is 3. The van der Waals surface area contributed by atoms with Crippen molar-refractivity contribution in [3.05, 3.63) is 89.5 Å². The largest absolute Gasteiger partial charge is 0.491 e. The van der Waals surface area contributed by atoms with E-state index in [9.17, 15) is 0 Å². The maximum absolute atomic E-state index is 8.95. The summed E-state index contributed by atoms with van der Waals surface area (Å²) in [4.78, 5) is 2.10. The van der Waals surface area contributed by atoms with Gasteiger partial charge in [-0.25, -0.2) is 4.58 Å². The third kappa shape index (κ3) is 5.04. The third-order valence-electron chi connectivity index (χ3n) is 4.85. The molecule has 0 aliphatic heterocycles. The van der Waals surface area contributed by atoms with Crippen molar-refractivity contribution >= 4 is 17.0 Å². The van der Waals surface area contributed by atoms with Gasteiger partial charge in [-0.05, 0) is 58.7 Å². The number of aliphatic hydroxyl groups excluding tert-OH is 1. The summed E-state index contributed by atoms with van der Waals surface area (Å²) in [5.74, 6) is 0.757. The highest BCUT2D eigenvalue weighted by Crippen LogP contribution is 2.31. The summed E-state index contributed by atoms with van der Waals surface area (Å²) in [6.45, 7) is 0.309. The summed E-state index contributed by atoms with van der Waals surface area (Å²) in [6, 6.07) is 16.7. The van der Waals surface area contributed by atoms with Crippen molar-refractivity contribution in [1.29, 1.82) is 0 Å². The first-order valence-electron chi connectivity index (χ1n) is 9.76. The Kier molecular flexibility index (Phi) is 6.68. The summed E-state index contributed by atoms with van der Waals surface area (Å²) in [6.07, 6.45) is 8.62. The van der Waals surface area contributed by atoms with Gasteiger partial charge < -0.3 is 14.7 Å². The summed E-state index contributed by atoms with van der Waals surface area (Å²) in [5, 5.41) is 8.95. The number of benzene rings is 2. The first-order valence-corrected chi connectivity index (χ1v) is 9.76. The lowest BCUT2D eigenvalue weighted by molar-refractivity contribution is -0.462. The molecule has 0 saturated heterocycles. The standard InChI is InChI=1S/C25H29N2O2/c1-26(2)22-11-5-19(6-12-22)25(20-7-13-23(14-8-20)27(3)4)21-9-15-24(16-10-21)29-18-17-28/h5-16,28H,17-18H2,1-4H3/q+1. The van der Waals surface area contributed by atoms with Crippen molar-refractivity contribution in [2.45, 2.75) is 0 Å². The molecule has 0 spiro atoms. The predicted octanol–water partition coefficient (Wildman–Crippen LogP) is 3.76. The molecule has 1 aliphatic carbocycles. The van der Waals surface area contributed by atoms with Gasteiger partial charge in [0.25, 0.3) is 0 Å². The molecule has 4 heteroatoms. The predicted molar refractivity (Wildman–Crippen MR) is 121 cm³/mol. The number of anilines is 1. The highest BCUT2D eigenvalue weighted by atomic mass is 16.5. The Labute approximate surface area is 173 Å². The van der Waals surface area contributed by atoms with Gasteiger partial charge in [-0.15, -0.1) is 0 Å². The van der Waals surface area contributed by atoms with Crippen LogP contribution in [0.1, 0.15) is 11.1 Å². The fourth-order valence-corrected chi connectivity index (χ4v) is 3.23. The molecule has 150 valence electrons. The van der Waals surface area contributed by atoms with Crippen LogP contribution >= 0.6 is 0 Å². The number of aliphatic hydroxyl groups is 1. The van der Waals surface area contributed by atoms with Crippen LogP contribution in [0.25, 0.3) is 5.57 Å². The molecule has 0 amide bonds. The Morgan fingerprint density at radius 1 is 0.862 bits per heavy atom. The lowest BCUT2D eigenvalue weighted by Gasteiger charge is -2.17. The van der Waals surface area contributed by atoms with E-state index in [1.807, 2.05) is 40.3 Å². The fourth-order valence-electron chi connectivity index (χ4n) is 3.23. The van der Waals surface area contributed by atoms with Crippen molar-refractivity contribution in [2.24, 2.45) is 0 Å². The van der Waals surface area contributed by atoms with E-state index >= 15 is 0 Å². The second kappa shape index (κ2) is 9.39. The van der Waals surface area contributed by atoms with E-state index in [1.54, 1.807) is 0 Å². The van der Waals surface area contributed by atoms with E-state index < -0.39 is 0 Å². The maximum atomic E-state index is 8.95. The van der Waals surface area contributed by atoms with E-state index in [-0.39, 0.29) is 6.61 Å². The molecule has 0 aromatic heterocycles. The Bertz CT molecular complexity index is 941. The van der Waals surface area contributed by atoms with Crippen LogP contribution in [0.4, 0.5) is 5.69 Å². The van der Waals surface area contributed by atoms with Gasteiger partial charge in [0.15, 0.2) is 5.71 Å². The Balaban J connectivity index is 2.05. The van der Waals surface area contributed by atoms with Gasteiger partial charge in [-0.3, -0.25) is 0 Å². The van der Waals surface area contributed by atoms with Crippen LogP contribution in [-0.2, 0) is 0 Å². The molecule has 0 unspecified atom stereocenters. The molecule has 1 aliphatic rings. The van der Waals surface area contributed by atoms with Crippen LogP contribution in [0.15, 0.2) is 78.4 Å². The van der Waals surface area contributed by atoms with Crippen LogP contribution in [0.5, 0.6) is 5.75 Å². The molecule has 0 atom stereocenters. The first kappa shape index (κ1) is 20.6. The number of allylic oxidation sites excluding steroid dienone is 5. The molecule has 0 radical (unpaired) electrons. The molecule has 29 heavy (non-hydrogen) atoms. The van der Waals surface area contributed by atoms with Crippen molar-refractivity contribution in [3.63, 3.8) is 0 Å². The normalized spacial score (nSPS) is 12.9. The van der Waals surface area contributed by atoms with E-state index in [2.05, 4.69) is 70.2 Å². The SMILES string of the molecule is CN(C)c1ccc(C(=C2C=CC(=[N+](C)C)C=C2)c2ccc(OCCO)cc2)cc1. The zero-order valence-electron chi connectivity index (χ0n) is 17.6. The number of ether oxygens (including phenoxy) is 1. The first-order chi connectivity index (χ1) is 14.0. The maximum Gasteiger partial charge on any atom is 0.199 e. The quantitative estimate of drug-likeness (QED) is 0.764. The zero-order chi connectivity index (χ0) is 20.8. The van der Waals surface area contributed by atoms with Crippen LogP contribution in [-0.4, -0.2) is 56.8 Å². The molecule has 2 aromatic rings. The highest BCUT2D eigenvalue weighted by Gasteiger charge is 2.13. The van der Waals surface area contributed by atoms with Crippen molar-refractivity contribution < 1.29 is 14.4 Å². The summed E-state index contributed by atoms with van der Waals surface area (Å²) >= 11 is 0. The minimum Gasteiger partial charge on any atom is -0.491 e. The van der Waals surface area contributed by atoms with E-state index in [1.165, 1.54) is 17.0 Å². The summed E-state index contributed by atoms with van der Waals surface area (Å²) in [5.41, 5.74) is 6.97. The molecule has 2 aromatic carbocycles. The minimum absolute atomic E-state index is 0.00950. The molecule has 3 rings (SSSR count). The Morgan fingerprint density at radius 2 is 1.41 bits per heavy atom. The fraction of sp³-hybridized carbons (Fsp3) is 0.240. The second-order valence-electron chi connectivity index (χ2n) is 7.35. The molecule has 0 heterocycles. The van der Waals surface area contributed by atoms with Crippen molar-refractivity contribution in [1.82, 2.24) is 0 Å². The topological polar surface area (TPSA) is 35.7 Å².